The van der Waals surface area contributed by atoms with Crippen LogP contribution in [-0.2, 0) is 22.9 Å². The molecule has 2 aromatic rings. The summed E-state index contributed by atoms with van der Waals surface area (Å²) in [5.74, 6) is 0. The van der Waals surface area contributed by atoms with E-state index in [1.807, 2.05) is 31.2 Å². The maximum atomic E-state index is 12.8. The molecule has 0 bridgehead atoms. The van der Waals surface area contributed by atoms with Crippen molar-refractivity contribution >= 4 is 21.4 Å². The molecule has 0 spiro atoms. The number of hydrogen-bond donors (Lipinski definition) is 1. The maximum absolute atomic E-state index is 12.8. The molecular formula is C16H18N2O2S. The van der Waals surface area contributed by atoms with E-state index in [9.17, 15) is 8.42 Å². The summed E-state index contributed by atoms with van der Waals surface area (Å²) in [5, 5.41) is 0. The lowest BCUT2D eigenvalue weighted by Gasteiger charge is -2.20. The molecule has 0 aromatic heterocycles. The molecule has 4 nitrogen and oxygen atoms in total. The van der Waals surface area contributed by atoms with Crippen molar-refractivity contribution < 1.29 is 8.42 Å². The summed E-state index contributed by atoms with van der Waals surface area (Å²) in [6.45, 7) is 2.48. The van der Waals surface area contributed by atoms with E-state index in [2.05, 4.69) is 0 Å². The molecule has 0 aliphatic carbocycles. The van der Waals surface area contributed by atoms with E-state index < -0.39 is 10.0 Å². The zero-order chi connectivity index (χ0) is 15.0. The highest BCUT2D eigenvalue weighted by molar-refractivity contribution is 7.92. The maximum Gasteiger partial charge on any atom is 0.264 e. The number of benzene rings is 2. The summed E-state index contributed by atoms with van der Waals surface area (Å²) in [5.41, 5.74) is 9.28. The van der Waals surface area contributed by atoms with E-state index >= 15 is 0 Å². The van der Waals surface area contributed by atoms with Crippen LogP contribution >= 0.6 is 0 Å². The van der Waals surface area contributed by atoms with Crippen molar-refractivity contribution in [1.29, 1.82) is 0 Å². The molecule has 0 atom stereocenters. The molecule has 5 heteroatoms. The summed E-state index contributed by atoms with van der Waals surface area (Å²) < 4.78 is 27.1. The van der Waals surface area contributed by atoms with Gasteiger partial charge in [-0.15, -0.1) is 0 Å². The van der Waals surface area contributed by atoms with Gasteiger partial charge in [-0.25, -0.2) is 8.42 Å². The number of sulfonamides is 1. The molecule has 0 radical (unpaired) electrons. The first-order chi connectivity index (χ1) is 10.0. The lowest BCUT2D eigenvalue weighted by atomic mass is 10.1. The summed E-state index contributed by atoms with van der Waals surface area (Å²) in [7, 11) is -3.55. The molecule has 0 amide bonds. The Bertz CT molecular complexity index is 785. The van der Waals surface area contributed by atoms with Gasteiger partial charge in [0.25, 0.3) is 10.0 Å². The first kappa shape index (κ1) is 13.9. The van der Waals surface area contributed by atoms with Crippen LogP contribution in [0.25, 0.3) is 0 Å². The number of hydrogen-bond acceptors (Lipinski definition) is 3. The molecule has 2 N–H and O–H groups in total. The van der Waals surface area contributed by atoms with Crippen LogP contribution in [0.4, 0.5) is 11.4 Å². The van der Waals surface area contributed by atoms with E-state index in [1.165, 1.54) is 4.31 Å². The number of rotatable bonds is 3. The number of aryl methyl sites for hydroxylation is 1. The molecule has 2 aromatic carbocycles. The second-order valence-corrected chi connectivity index (χ2v) is 7.03. The van der Waals surface area contributed by atoms with Crippen LogP contribution in [0.5, 0.6) is 0 Å². The van der Waals surface area contributed by atoms with Crippen LogP contribution in [0.3, 0.4) is 0 Å². The number of anilines is 2. The highest BCUT2D eigenvalue weighted by Gasteiger charge is 2.30. The third-order valence-corrected chi connectivity index (χ3v) is 5.74. The Kier molecular flexibility index (Phi) is 3.37. The lowest BCUT2D eigenvalue weighted by molar-refractivity contribution is 0.592. The number of para-hydroxylation sites is 1. The first-order valence-corrected chi connectivity index (χ1v) is 8.47. The Morgan fingerprint density at radius 2 is 1.95 bits per heavy atom. The van der Waals surface area contributed by atoms with Gasteiger partial charge in [0.1, 0.15) is 0 Å². The van der Waals surface area contributed by atoms with Gasteiger partial charge in [-0.1, -0.05) is 31.2 Å². The fraction of sp³-hybridized carbons (Fsp3) is 0.250. The molecular weight excluding hydrogens is 284 g/mol. The van der Waals surface area contributed by atoms with Crippen molar-refractivity contribution in [3.05, 3.63) is 53.6 Å². The standard InChI is InChI=1S/C16H18N2O2S/c1-2-12-7-8-14(11-15(12)17)21(19,20)18-10-9-13-5-3-4-6-16(13)18/h3-8,11H,2,9-10,17H2,1H3. The van der Waals surface area contributed by atoms with E-state index in [0.717, 1.165) is 29.7 Å². The summed E-state index contributed by atoms with van der Waals surface area (Å²) in [4.78, 5) is 0.258. The Hall–Kier alpha value is -2.01. The summed E-state index contributed by atoms with van der Waals surface area (Å²) >= 11 is 0. The van der Waals surface area contributed by atoms with Crippen LogP contribution in [0, 0.1) is 0 Å². The molecule has 3 rings (SSSR count). The zero-order valence-electron chi connectivity index (χ0n) is 11.9. The molecule has 1 aliphatic heterocycles. The first-order valence-electron chi connectivity index (χ1n) is 7.03. The van der Waals surface area contributed by atoms with Crippen molar-refractivity contribution in [3.8, 4) is 0 Å². The third kappa shape index (κ3) is 2.27. The number of nitrogens with two attached hydrogens (primary N) is 1. The molecule has 21 heavy (non-hydrogen) atoms. The Balaban J connectivity index is 2.04. The summed E-state index contributed by atoms with van der Waals surface area (Å²) in [6.07, 6.45) is 1.54. The van der Waals surface area contributed by atoms with Gasteiger partial charge in [0.05, 0.1) is 10.6 Å². The van der Waals surface area contributed by atoms with Gasteiger partial charge in [-0.2, -0.15) is 0 Å². The van der Waals surface area contributed by atoms with Crippen LogP contribution in [0.1, 0.15) is 18.1 Å². The van der Waals surface area contributed by atoms with E-state index in [1.54, 1.807) is 18.2 Å². The molecule has 1 heterocycles. The van der Waals surface area contributed by atoms with Gasteiger partial charge >= 0.3 is 0 Å². The largest absolute Gasteiger partial charge is 0.398 e. The predicted molar refractivity (Wildman–Crippen MR) is 84.9 cm³/mol. The monoisotopic (exact) mass is 302 g/mol. The van der Waals surface area contributed by atoms with Gasteiger partial charge in [0.15, 0.2) is 0 Å². The highest BCUT2D eigenvalue weighted by Crippen LogP contribution is 2.33. The van der Waals surface area contributed by atoms with Gasteiger partial charge < -0.3 is 5.73 Å². The Morgan fingerprint density at radius 3 is 2.67 bits per heavy atom. The fourth-order valence-electron chi connectivity index (χ4n) is 2.74. The highest BCUT2D eigenvalue weighted by atomic mass is 32.2. The molecule has 0 fully saturated rings. The van der Waals surface area contributed by atoms with Crippen molar-refractivity contribution in [1.82, 2.24) is 0 Å². The molecule has 0 saturated carbocycles. The van der Waals surface area contributed by atoms with Gasteiger partial charge in [-0.3, -0.25) is 4.31 Å². The fourth-order valence-corrected chi connectivity index (χ4v) is 4.28. The number of nitrogens with zero attached hydrogens (tertiary/aromatic N) is 1. The van der Waals surface area contributed by atoms with Gasteiger partial charge in [-0.05, 0) is 42.2 Å². The van der Waals surface area contributed by atoms with Crippen molar-refractivity contribution in [2.45, 2.75) is 24.7 Å². The van der Waals surface area contributed by atoms with Crippen molar-refractivity contribution in [3.63, 3.8) is 0 Å². The predicted octanol–water partition coefficient (Wildman–Crippen LogP) is 2.58. The second kappa shape index (κ2) is 5.07. The van der Waals surface area contributed by atoms with Crippen LogP contribution < -0.4 is 10.0 Å². The van der Waals surface area contributed by atoms with Gasteiger partial charge in [0.2, 0.25) is 0 Å². The molecule has 0 unspecified atom stereocenters. The van der Waals surface area contributed by atoms with Crippen molar-refractivity contribution in [2.75, 3.05) is 16.6 Å². The smallest absolute Gasteiger partial charge is 0.264 e. The molecule has 0 saturated heterocycles. The zero-order valence-corrected chi connectivity index (χ0v) is 12.7. The average Bonchev–Trinajstić information content (AvgIpc) is 2.91. The topological polar surface area (TPSA) is 63.4 Å². The van der Waals surface area contributed by atoms with Crippen LogP contribution in [0.15, 0.2) is 47.4 Å². The van der Waals surface area contributed by atoms with E-state index in [-0.39, 0.29) is 4.90 Å². The normalized spacial score (nSPS) is 14.2. The minimum atomic E-state index is -3.55. The SMILES string of the molecule is CCc1ccc(S(=O)(=O)N2CCc3ccccc32)cc1N. The van der Waals surface area contributed by atoms with E-state index in [4.69, 9.17) is 5.73 Å². The minimum absolute atomic E-state index is 0.258. The molecule has 1 aliphatic rings. The van der Waals surface area contributed by atoms with E-state index in [0.29, 0.717) is 12.2 Å². The Labute approximate surface area is 125 Å². The van der Waals surface area contributed by atoms with Crippen molar-refractivity contribution in [2.24, 2.45) is 0 Å². The number of nitrogen functional groups attached to an aromatic ring is 1. The average molecular weight is 302 g/mol. The molecule has 110 valence electrons. The van der Waals surface area contributed by atoms with Gasteiger partial charge in [0, 0.05) is 12.2 Å². The van der Waals surface area contributed by atoms with Crippen LogP contribution in [-0.4, -0.2) is 15.0 Å². The van der Waals surface area contributed by atoms with Crippen LogP contribution in [0.2, 0.25) is 0 Å². The Morgan fingerprint density at radius 1 is 1.19 bits per heavy atom. The quantitative estimate of drug-likeness (QED) is 0.886. The second-order valence-electron chi connectivity index (χ2n) is 5.17. The number of fused-ring (bicyclic) bond motifs is 1. The minimum Gasteiger partial charge on any atom is -0.398 e. The summed E-state index contributed by atoms with van der Waals surface area (Å²) in [6, 6.07) is 12.6. The third-order valence-electron chi connectivity index (χ3n) is 3.93. The lowest BCUT2D eigenvalue weighted by Crippen LogP contribution is -2.29.